The summed E-state index contributed by atoms with van der Waals surface area (Å²) in [4.78, 5) is 3.74. The highest BCUT2D eigenvalue weighted by molar-refractivity contribution is 6.16. The molecule has 5 nitrogen and oxygen atoms in total. The molecule has 0 N–H and O–H groups in total. The lowest BCUT2D eigenvalue weighted by molar-refractivity contribution is 1.13. The second-order valence-electron chi connectivity index (χ2n) is 13.9. The van der Waals surface area contributed by atoms with E-state index in [1.807, 2.05) is 42.5 Å². The van der Waals surface area contributed by atoms with Crippen LogP contribution in [0.25, 0.3) is 98.5 Å². The minimum Gasteiger partial charge on any atom is -0.309 e. The topological polar surface area (TPSA) is 42.9 Å². The van der Waals surface area contributed by atoms with Gasteiger partial charge in [0, 0.05) is 38.1 Å². The molecule has 254 valence electrons. The molecule has 11 aromatic rings. The van der Waals surface area contributed by atoms with Crippen molar-refractivity contribution in [2.24, 2.45) is 0 Å². The Kier molecular flexibility index (Phi) is 6.61. The summed E-state index contributed by atoms with van der Waals surface area (Å²) in [6.07, 6.45) is 0. The van der Waals surface area contributed by atoms with Gasteiger partial charge in [-0.3, -0.25) is 0 Å². The van der Waals surface area contributed by atoms with Gasteiger partial charge in [0.05, 0.1) is 68.4 Å². The van der Waals surface area contributed by atoms with Gasteiger partial charge in [-0.25, -0.2) is 4.85 Å². The van der Waals surface area contributed by atoms with E-state index in [0.29, 0.717) is 11.3 Å². The van der Waals surface area contributed by atoms with Gasteiger partial charge < -0.3 is 13.7 Å². The van der Waals surface area contributed by atoms with Crippen LogP contribution in [0.15, 0.2) is 176 Å². The Bertz CT molecular complexity index is 3420. The van der Waals surface area contributed by atoms with Gasteiger partial charge in [0.1, 0.15) is 0 Å². The zero-order valence-electron chi connectivity index (χ0n) is 29.5. The third kappa shape index (κ3) is 4.33. The molecule has 8 aromatic carbocycles. The summed E-state index contributed by atoms with van der Waals surface area (Å²) in [5.74, 6) is 0. The molecular formula is C50H29N5. The quantitative estimate of drug-likeness (QED) is 0.169. The SMILES string of the molecule is [C-]#[N+]c1ccc2c(c1)c1ccccc1n2-c1cccc(C#N)c1-c1ccccc1-n1c2ccccc2c2cccc(-n3c4ccccc4c4ccccc43)c21. The molecule has 0 radical (unpaired) electrons. The molecule has 0 spiro atoms. The molecule has 3 heterocycles. The number of benzene rings is 8. The first-order valence-electron chi connectivity index (χ1n) is 18.3. The highest BCUT2D eigenvalue weighted by atomic mass is 15.1. The third-order valence-electron chi connectivity index (χ3n) is 11.1. The van der Waals surface area contributed by atoms with Crippen LogP contribution in [-0.4, -0.2) is 13.7 Å². The Morgan fingerprint density at radius 1 is 0.418 bits per heavy atom. The lowest BCUT2D eigenvalue weighted by Crippen LogP contribution is -2.04. The highest BCUT2D eigenvalue weighted by Crippen LogP contribution is 2.44. The highest BCUT2D eigenvalue weighted by Gasteiger charge is 2.24. The molecular weight excluding hydrogens is 671 g/mol. The van der Waals surface area contributed by atoms with Crippen LogP contribution in [0.4, 0.5) is 5.69 Å². The number of hydrogen-bond acceptors (Lipinski definition) is 1. The maximum Gasteiger partial charge on any atom is 0.188 e. The van der Waals surface area contributed by atoms with Crippen molar-refractivity contribution in [2.75, 3.05) is 0 Å². The van der Waals surface area contributed by atoms with Gasteiger partial charge in [-0.05, 0) is 66.0 Å². The molecule has 0 fully saturated rings. The van der Waals surface area contributed by atoms with E-state index in [9.17, 15) is 5.26 Å². The van der Waals surface area contributed by atoms with E-state index in [1.165, 1.54) is 10.8 Å². The minimum absolute atomic E-state index is 0.581. The molecule has 3 aromatic heterocycles. The van der Waals surface area contributed by atoms with Crippen molar-refractivity contribution in [3.05, 3.63) is 193 Å². The van der Waals surface area contributed by atoms with Crippen LogP contribution in [0.5, 0.6) is 0 Å². The fourth-order valence-electron chi connectivity index (χ4n) is 8.89. The summed E-state index contributed by atoms with van der Waals surface area (Å²) in [5, 5.41) is 17.6. The summed E-state index contributed by atoms with van der Waals surface area (Å²) >= 11 is 0. The first-order valence-corrected chi connectivity index (χ1v) is 18.3. The minimum atomic E-state index is 0.581. The predicted molar refractivity (Wildman–Crippen MR) is 226 cm³/mol. The Hall–Kier alpha value is -7.86. The first kappa shape index (κ1) is 30.7. The van der Waals surface area contributed by atoms with Crippen molar-refractivity contribution in [1.82, 2.24) is 13.7 Å². The largest absolute Gasteiger partial charge is 0.309 e. The number of fused-ring (bicyclic) bond motifs is 9. The van der Waals surface area contributed by atoms with Crippen molar-refractivity contribution in [2.45, 2.75) is 0 Å². The first-order chi connectivity index (χ1) is 27.2. The summed E-state index contributed by atoms with van der Waals surface area (Å²) in [6.45, 7) is 7.72. The molecule has 0 saturated carbocycles. The van der Waals surface area contributed by atoms with Crippen LogP contribution >= 0.6 is 0 Å². The molecule has 55 heavy (non-hydrogen) atoms. The van der Waals surface area contributed by atoms with E-state index < -0.39 is 0 Å². The van der Waals surface area contributed by atoms with Crippen molar-refractivity contribution in [1.29, 1.82) is 5.26 Å². The summed E-state index contributed by atoms with van der Waals surface area (Å²) < 4.78 is 7.04. The molecule has 0 aliphatic carbocycles. The van der Waals surface area contributed by atoms with E-state index in [1.54, 1.807) is 0 Å². The van der Waals surface area contributed by atoms with Gasteiger partial charge in [0.25, 0.3) is 0 Å². The zero-order valence-corrected chi connectivity index (χ0v) is 29.5. The van der Waals surface area contributed by atoms with Crippen LogP contribution in [0.3, 0.4) is 0 Å². The van der Waals surface area contributed by atoms with Crippen molar-refractivity contribution in [3.63, 3.8) is 0 Å². The van der Waals surface area contributed by atoms with Gasteiger partial charge in [0.2, 0.25) is 0 Å². The average molecular weight is 700 g/mol. The number of hydrogen-bond donors (Lipinski definition) is 0. The Morgan fingerprint density at radius 2 is 0.891 bits per heavy atom. The zero-order chi connectivity index (χ0) is 36.6. The smallest absolute Gasteiger partial charge is 0.188 e. The predicted octanol–water partition coefficient (Wildman–Crippen LogP) is 13.1. The van der Waals surface area contributed by atoms with E-state index in [0.717, 1.165) is 82.8 Å². The summed E-state index contributed by atoms with van der Waals surface area (Å²) in [6, 6.07) is 63.7. The van der Waals surface area contributed by atoms with Crippen LogP contribution in [-0.2, 0) is 0 Å². The van der Waals surface area contributed by atoms with Crippen molar-refractivity contribution in [3.8, 4) is 34.3 Å². The maximum absolute atomic E-state index is 10.8. The number of para-hydroxylation sites is 6. The number of aromatic nitrogens is 3. The molecule has 0 aliphatic heterocycles. The van der Waals surface area contributed by atoms with E-state index >= 15 is 0 Å². The molecule has 0 aliphatic rings. The van der Waals surface area contributed by atoms with Crippen molar-refractivity contribution >= 4 is 71.1 Å². The van der Waals surface area contributed by atoms with Gasteiger partial charge in [-0.2, -0.15) is 5.26 Å². The molecule has 0 bridgehead atoms. The van der Waals surface area contributed by atoms with Gasteiger partial charge in [-0.15, -0.1) is 0 Å². The fraction of sp³-hybridized carbons (Fsp3) is 0. The van der Waals surface area contributed by atoms with Crippen molar-refractivity contribution < 1.29 is 0 Å². The lowest BCUT2D eigenvalue weighted by atomic mass is 9.96. The van der Waals surface area contributed by atoms with Crippen LogP contribution in [0.2, 0.25) is 0 Å². The Labute approximate surface area is 316 Å². The number of nitrogens with zero attached hydrogens (tertiary/aromatic N) is 5. The summed E-state index contributed by atoms with van der Waals surface area (Å²) in [5.41, 5.74) is 12.4. The average Bonchev–Trinajstić information content (AvgIpc) is 3.89. The normalized spacial score (nSPS) is 11.6. The fourth-order valence-corrected chi connectivity index (χ4v) is 8.89. The van der Waals surface area contributed by atoms with E-state index in [2.05, 4.69) is 158 Å². The number of rotatable bonds is 4. The molecule has 5 heteroatoms. The van der Waals surface area contributed by atoms with Crippen LogP contribution < -0.4 is 0 Å². The van der Waals surface area contributed by atoms with Gasteiger partial charge in [0.15, 0.2) is 5.69 Å². The second kappa shape index (κ2) is 11.8. The maximum atomic E-state index is 10.8. The monoisotopic (exact) mass is 699 g/mol. The molecule has 0 saturated heterocycles. The lowest BCUT2D eigenvalue weighted by Gasteiger charge is -2.20. The Balaban J connectivity index is 1.27. The second-order valence-corrected chi connectivity index (χ2v) is 13.9. The van der Waals surface area contributed by atoms with Crippen LogP contribution in [0.1, 0.15) is 5.56 Å². The van der Waals surface area contributed by atoms with Gasteiger partial charge in [-0.1, -0.05) is 115 Å². The van der Waals surface area contributed by atoms with Crippen LogP contribution in [0, 0.1) is 17.9 Å². The van der Waals surface area contributed by atoms with E-state index in [-0.39, 0.29) is 0 Å². The Morgan fingerprint density at radius 3 is 1.55 bits per heavy atom. The molecule has 0 amide bonds. The number of nitriles is 1. The molecule has 0 atom stereocenters. The third-order valence-corrected chi connectivity index (χ3v) is 11.1. The summed E-state index contributed by atoms with van der Waals surface area (Å²) in [7, 11) is 0. The van der Waals surface area contributed by atoms with E-state index in [4.69, 9.17) is 6.57 Å². The molecule has 0 unspecified atom stereocenters. The van der Waals surface area contributed by atoms with Gasteiger partial charge >= 0.3 is 0 Å². The standard InChI is InChI=1S/C50H29N5/c1-52-33-28-29-46-40(30-33)37-18-5-9-23-43(37)53(46)47-26-12-14-32(31-51)49(47)39-19-6-11-25-45(39)55-44-24-10-4-17-36(44)38-20-13-27-48(50(38)55)54-41-21-7-2-15-34(41)35-16-3-8-22-42(35)54/h2-30H. The molecule has 11 rings (SSSR count).